The van der Waals surface area contributed by atoms with Crippen LogP contribution in [0.1, 0.15) is 24.1 Å². The largest absolute Gasteiger partial charge is 0.493 e. The van der Waals surface area contributed by atoms with Crippen LogP contribution in [0.25, 0.3) is 0 Å². The minimum atomic E-state index is 0. The number of H-pyrrole nitrogens is 1. The van der Waals surface area contributed by atoms with Gasteiger partial charge in [0.2, 0.25) is 5.88 Å². The number of rotatable bonds is 0. The standard InChI is InChI=1S/C7H10N2O.ClH/c10-7-5-3-1-2-4-6(5)8-9-7;/h1-4H2,(H2,8,9,10);1H. The van der Waals surface area contributed by atoms with Crippen LogP contribution in [0, 0.1) is 0 Å². The third kappa shape index (κ3) is 1.33. The maximum Gasteiger partial charge on any atom is 0.210 e. The van der Waals surface area contributed by atoms with Crippen LogP contribution >= 0.6 is 12.4 Å². The summed E-state index contributed by atoms with van der Waals surface area (Å²) in [6.45, 7) is 0. The molecule has 1 heterocycles. The molecule has 0 amide bonds. The zero-order chi connectivity index (χ0) is 6.97. The second kappa shape index (κ2) is 3.13. The summed E-state index contributed by atoms with van der Waals surface area (Å²) in [6, 6.07) is 0. The van der Waals surface area contributed by atoms with E-state index < -0.39 is 0 Å². The molecule has 0 aliphatic heterocycles. The van der Waals surface area contributed by atoms with Crippen molar-refractivity contribution in [2.45, 2.75) is 25.7 Å². The van der Waals surface area contributed by atoms with Crippen LogP contribution in [0.4, 0.5) is 0 Å². The van der Waals surface area contributed by atoms with Gasteiger partial charge in [0, 0.05) is 5.56 Å². The van der Waals surface area contributed by atoms with Crippen LogP contribution < -0.4 is 0 Å². The van der Waals surface area contributed by atoms with Crippen LogP contribution in [0.2, 0.25) is 0 Å². The number of nitrogens with one attached hydrogen (secondary N) is 1. The average Bonchev–Trinajstić information content (AvgIpc) is 2.34. The molecule has 0 fully saturated rings. The van der Waals surface area contributed by atoms with Gasteiger partial charge in [0.25, 0.3) is 0 Å². The summed E-state index contributed by atoms with van der Waals surface area (Å²) in [4.78, 5) is 0. The molecule has 0 spiro atoms. The van der Waals surface area contributed by atoms with E-state index in [0.717, 1.165) is 24.1 Å². The lowest BCUT2D eigenvalue weighted by molar-refractivity contribution is 0.444. The van der Waals surface area contributed by atoms with E-state index in [4.69, 9.17) is 0 Å². The number of aromatic nitrogens is 2. The van der Waals surface area contributed by atoms with Gasteiger partial charge in [0.15, 0.2) is 0 Å². The number of aryl methyl sites for hydroxylation is 1. The molecule has 0 bridgehead atoms. The molecule has 0 saturated carbocycles. The first-order valence-corrected chi connectivity index (χ1v) is 3.63. The Morgan fingerprint density at radius 3 is 2.73 bits per heavy atom. The van der Waals surface area contributed by atoms with Gasteiger partial charge < -0.3 is 5.11 Å². The molecule has 2 rings (SSSR count). The van der Waals surface area contributed by atoms with E-state index in [0.29, 0.717) is 0 Å². The highest BCUT2D eigenvalue weighted by molar-refractivity contribution is 5.85. The molecule has 0 radical (unpaired) electrons. The Morgan fingerprint density at radius 1 is 1.27 bits per heavy atom. The van der Waals surface area contributed by atoms with Gasteiger partial charge in [-0.05, 0) is 25.7 Å². The minimum Gasteiger partial charge on any atom is -0.493 e. The topological polar surface area (TPSA) is 48.9 Å². The van der Waals surface area contributed by atoms with Crippen molar-refractivity contribution in [2.24, 2.45) is 0 Å². The highest BCUT2D eigenvalue weighted by Gasteiger charge is 2.15. The Morgan fingerprint density at radius 2 is 2.00 bits per heavy atom. The second-order valence-electron chi connectivity index (χ2n) is 2.70. The van der Waals surface area contributed by atoms with Gasteiger partial charge in [-0.1, -0.05) is 0 Å². The highest BCUT2D eigenvalue weighted by Crippen LogP contribution is 2.25. The van der Waals surface area contributed by atoms with Gasteiger partial charge in [0.05, 0.1) is 5.69 Å². The molecule has 62 valence electrons. The number of hydrogen-bond acceptors (Lipinski definition) is 2. The van der Waals surface area contributed by atoms with Crippen molar-refractivity contribution < 1.29 is 5.11 Å². The molecule has 0 aromatic carbocycles. The predicted octanol–water partition coefficient (Wildman–Crippen LogP) is 1.42. The minimum absolute atomic E-state index is 0. The summed E-state index contributed by atoms with van der Waals surface area (Å²) in [7, 11) is 0. The Hall–Kier alpha value is -0.700. The summed E-state index contributed by atoms with van der Waals surface area (Å²) < 4.78 is 0. The van der Waals surface area contributed by atoms with Crippen molar-refractivity contribution in [1.29, 1.82) is 0 Å². The van der Waals surface area contributed by atoms with Crippen molar-refractivity contribution in [3.63, 3.8) is 0 Å². The summed E-state index contributed by atoms with van der Waals surface area (Å²) >= 11 is 0. The Bertz CT molecular complexity index is 247. The first-order chi connectivity index (χ1) is 4.88. The molecule has 0 unspecified atom stereocenters. The van der Waals surface area contributed by atoms with Crippen molar-refractivity contribution >= 4 is 12.4 Å². The second-order valence-corrected chi connectivity index (χ2v) is 2.70. The smallest absolute Gasteiger partial charge is 0.210 e. The van der Waals surface area contributed by atoms with Crippen molar-refractivity contribution in [3.05, 3.63) is 11.3 Å². The van der Waals surface area contributed by atoms with Crippen molar-refractivity contribution in [3.8, 4) is 5.88 Å². The number of halogens is 1. The summed E-state index contributed by atoms with van der Waals surface area (Å²) in [5, 5.41) is 15.7. The first kappa shape index (κ1) is 8.40. The van der Waals surface area contributed by atoms with E-state index in [-0.39, 0.29) is 18.3 Å². The number of aromatic amines is 1. The third-order valence-electron chi connectivity index (χ3n) is 2.02. The van der Waals surface area contributed by atoms with E-state index in [1.54, 1.807) is 0 Å². The summed E-state index contributed by atoms with van der Waals surface area (Å²) in [6.07, 6.45) is 4.39. The van der Waals surface area contributed by atoms with Crippen LogP contribution in [0.15, 0.2) is 0 Å². The molecule has 1 aliphatic rings. The van der Waals surface area contributed by atoms with Crippen molar-refractivity contribution in [2.75, 3.05) is 0 Å². The third-order valence-corrected chi connectivity index (χ3v) is 2.02. The fraction of sp³-hybridized carbons (Fsp3) is 0.571. The molecule has 3 nitrogen and oxygen atoms in total. The Kier molecular flexibility index (Phi) is 2.39. The maximum atomic E-state index is 9.18. The number of aromatic hydroxyl groups is 1. The lowest BCUT2D eigenvalue weighted by Crippen LogP contribution is -1.99. The van der Waals surface area contributed by atoms with E-state index in [1.165, 1.54) is 12.8 Å². The molecule has 1 aromatic heterocycles. The SMILES string of the molecule is Cl.Oc1[nH]nc2c1CCCC2. The van der Waals surface area contributed by atoms with Gasteiger partial charge in [0.1, 0.15) is 0 Å². The van der Waals surface area contributed by atoms with E-state index in [1.807, 2.05) is 0 Å². The maximum absolute atomic E-state index is 9.18. The molecule has 4 heteroatoms. The van der Waals surface area contributed by atoms with Crippen molar-refractivity contribution in [1.82, 2.24) is 10.2 Å². The normalized spacial score (nSPS) is 15.3. The molecule has 0 atom stereocenters. The fourth-order valence-corrected chi connectivity index (χ4v) is 1.46. The van der Waals surface area contributed by atoms with Crippen LogP contribution in [-0.2, 0) is 12.8 Å². The fourth-order valence-electron chi connectivity index (χ4n) is 1.46. The van der Waals surface area contributed by atoms with E-state index >= 15 is 0 Å². The molecule has 0 saturated heterocycles. The molecular formula is C7H11ClN2O. The number of fused-ring (bicyclic) bond motifs is 1. The molecule has 1 aromatic rings. The van der Waals surface area contributed by atoms with Gasteiger partial charge in [-0.25, -0.2) is 5.10 Å². The van der Waals surface area contributed by atoms with E-state index in [9.17, 15) is 5.11 Å². The monoisotopic (exact) mass is 174 g/mol. The number of hydrogen-bond donors (Lipinski definition) is 2. The summed E-state index contributed by atoms with van der Waals surface area (Å²) in [5.41, 5.74) is 2.09. The summed E-state index contributed by atoms with van der Waals surface area (Å²) in [5.74, 6) is 0.273. The van der Waals surface area contributed by atoms with Gasteiger partial charge in [-0.3, -0.25) is 0 Å². The molecule has 1 aliphatic carbocycles. The lowest BCUT2D eigenvalue weighted by atomic mass is 9.98. The zero-order valence-electron chi connectivity index (χ0n) is 6.13. The molecule has 2 N–H and O–H groups in total. The quantitative estimate of drug-likeness (QED) is 0.625. The van der Waals surface area contributed by atoms with E-state index in [2.05, 4.69) is 10.2 Å². The Balaban J connectivity index is 0.000000605. The predicted molar refractivity (Wildman–Crippen MR) is 44.1 cm³/mol. The van der Waals surface area contributed by atoms with Crippen LogP contribution in [-0.4, -0.2) is 15.3 Å². The van der Waals surface area contributed by atoms with Gasteiger partial charge in [-0.2, -0.15) is 5.10 Å². The van der Waals surface area contributed by atoms with Crippen LogP contribution in [0.5, 0.6) is 5.88 Å². The number of nitrogens with zero attached hydrogens (tertiary/aromatic N) is 1. The average molecular weight is 175 g/mol. The first-order valence-electron chi connectivity index (χ1n) is 3.63. The zero-order valence-corrected chi connectivity index (χ0v) is 6.95. The van der Waals surface area contributed by atoms with Crippen LogP contribution in [0.3, 0.4) is 0 Å². The van der Waals surface area contributed by atoms with Gasteiger partial charge in [-0.15, -0.1) is 12.4 Å². The Labute approximate surface area is 71.2 Å². The highest BCUT2D eigenvalue weighted by atomic mass is 35.5. The van der Waals surface area contributed by atoms with Gasteiger partial charge >= 0.3 is 0 Å². The lowest BCUT2D eigenvalue weighted by Gasteiger charge is -2.07. The molecule has 11 heavy (non-hydrogen) atoms. The molecular weight excluding hydrogens is 164 g/mol.